The van der Waals surface area contributed by atoms with E-state index in [2.05, 4.69) is 191 Å². The second-order valence-corrected chi connectivity index (χ2v) is 29.3. The highest BCUT2D eigenvalue weighted by Crippen LogP contribution is 2.45. The molecule has 0 saturated carbocycles. The fourth-order valence-corrected chi connectivity index (χ4v) is 12.0. The lowest BCUT2D eigenvalue weighted by Gasteiger charge is -2.21. The van der Waals surface area contributed by atoms with Gasteiger partial charge in [0.15, 0.2) is 6.10 Å². The Morgan fingerprint density at radius 3 is 0.752 bits per heavy atom. The van der Waals surface area contributed by atoms with Gasteiger partial charge in [-0.3, -0.25) is 32.5 Å². The Kier molecular flexibility index (Phi) is 74.7. The summed E-state index contributed by atoms with van der Waals surface area (Å²) in [5, 5.41) is 20.6. The van der Waals surface area contributed by atoms with Crippen LogP contribution in [0.2, 0.25) is 0 Å². The second kappa shape index (κ2) is 78.5. The molecule has 0 aliphatic rings. The highest BCUT2D eigenvalue weighted by Gasteiger charge is 2.29. The molecule has 0 bridgehead atoms. The molecule has 0 radical (unpaired) electrons. The van der Waals surface area contributed by atoms with Gasteiger partial charge in [0.05, 0.1) is 26.4 Å². The SMILES string of the molecule is CC/C=C\C/C=C\C/C=C\C/C=C\C/C=C\C/C=C\CCCCCCCCCCC(=O)OCC(O)COP(=O)(O)OCC(O)COP(=O)(O)OCC(COC(=O)CCCCCCCCCCCCC/C=C\C/C=C\C/C=C\C/C=C\C/C=C\CC)OC(=O)CCCCCCC/C=C\C/C=C\C/C=C\CC. The van der Waals surface area contributed by atoms with Crippen molar-refractivity contribution in [3.63, 3.8) is 0 Å². The summed E-state index contributed by atoms with van der Waals surface area (Å²) in [6.45, 7) is 2.31. The fraction of sp³-hybridized carbons (Fsp3) is 0.644. The Labute approximate surface area is 637 Å². The van der Waals surface area contributed by atoms with Crippen molar-refractivity contribution in [1.29, 1.82) is 0 Å². The first-order valence-electron chi connectivity index (χ1n) is 40.4. The van der Waals surface area contributed by atoms with E-state index >= 15 is 0 Å². The molecule has 0 aliphatic heterocycles. The molecule has 0 aromatic carbocycles. The molecule has 5 atom stereocenters. The maximum atomic E-state index is 13.0. The molecule has 598 valence electrons. The maximum Gasteiger partial charge on any atom is 0.472 e. The van der Waals surface area contributed by atoms with Crippen molar-refractivity contribution in [2.45, 2.75) is 322 Å². The third kappa shape index (κ3) is 79.8. The van der Waals surface area contributed by atoms with E-state index in [9.17, 15) is 43.5 Å². The molecule has 0 aliphatic carbocycles. The number of unbranched alkanes of at least 4 members (excludes halogenated alkanes) is 24. The molecule has 0 aromatic rings. The van der Waals surface area contributed by atoms with Gasteiger partial charge in [-0.2, -0.15) is 0 Å². The summed E-state index contributed by atoms with van der Waals surface area (Å²) in [4.78, 5) is 58.7. The molecule has 0 amide bonds. The minimum Gasteiger partial charge on any atom is -0.463 e. The number of ether oxygens (including phenoxy) is 3. The van der Waals surface area contributed by atoms with Crippen LogP contribution in [0.25, 0.3) is 0 Å². The van der Waals surface area contributed by atoms with E-state index in [1.54, 1.807) is 0 Å². The smallest absolute Gasteiger partial charge is 0.463 e. The highest BCUT2D eigenvalue weighted by molar-refractivity contribution is 7.47. The molecule has 0 spiro atoms. The maximum absolute atomic E-state index is 13.0. The van der Waals surface area contributed by atoms with Gasteiger partial charge in [0.1, 0.15) is 25.4 Å². The molecular weight excluding hydrogens is 1360 g/mol. The Hall–Kier alpha value is -5.09. The first-order chi connectivity index (χ1) is 51.2. The minimum atomic E-state index is -4.94. The van der Waals surface area contributed by atoms with Crippen molar-refractivity contribution in [2.24, 2.45) is 0 Å². The van der Waals surface area contributed by atoms with Crippen LogP contribution in [0.3, 0.4) is 0 Å². The summed E-state index contributed by atoms with van der Waals surface area (Å²) < 4.78 is 61.2. The van der Waals surface area contributed by atoms with Crippen LogP contribution in [0.15, 0.2) is 170 Å². The van der Waals surface area contributed by atoms with Gasteiger partial charge in [-0.15, -0.1) is 0 Å². The van der Waals surface area contributed by atoms with Gasteiger partial charge < -0.3 is 34.2 Å². The Morgan fingerprint density at radius 1 is 0.267 bits per heavy atom. The molecule has 5 unspecified atom stereocenters. The molecule has 0 fully saturated rings. The predicted octanol–water partition coefficient (Wildman–Crippen LogP) is 24.0. The van der Waals surface area contributed by atoms with Gasteiger partial charge in [0.25, 0.3) is 0 Å². The average Bonchev–Trinajstić information content (AvgIpc) is 0.942. The predicted molar refractivity (Wildman–Crippen MR) is 435 cm³/mol. The van der Waals surface area contributed by atoms with Crippen LogP contribution < -0.4 is 0 Å². The summed E-state index contributed by atoms with van der Waals surface area (Å²) >= 11 is 0. The standard InChI is InChI=1S/C87H144O16P2/c1-4-7-10-13-16-19-22-25-28-30-32-34-36-38-40-42-44-46-48-50-53-55-58-61-64-67-70-73-85(90)97-76-82(88)77-99-104(93,94)100-78-83(89)79-101-105(95,96)102-81-84(103-87(92)75-72-69-66-63-60-57-52-27-24-21-18-15-12-9-6-3)80-98-86(91)74-71-68-65-62-59-56-54-51-49-47-45-43-41-39-37-35-33-31-29-26-23-20-17-14-11-8-5-2/h7-12,16-21,25-29,32-35,38-41,44,46,52,82-84,88-89H,4-6,13-15,22-24,30-31,36-37,42-43,45,47-51,53-81H2,1-3H3,(H,93,94)(H,95,96)/b10-7-,11-8-,12-9-,19-16-,20-17-,21-18-,28-25-,29-26-,34-32-,35-33-,40-38-,41-39-,46-44-,52-27-. The quantitative estimate of drug-likeness (QED) is 0.0146. The largest absolute Gasteiger partial charge is 0.472 e. The van der Waals surface area contributed by atoms with Crippen molar-refractivity contribution < 1.29 is 75.8 Å². The van der Waals surface area contributed by atoms with Crippen LogP contribution in [-0.4, -0.2) is 95.9 Å². The van der Waals surface area contributed by atoms with Gasteiger partial charge in [-0.05, 0) is 148 Å². The molecule has 18 heteroatoms. The van der Waals surface area contributed by atoms with Crippen LogP contribution in [0.1, 0.15) is 303 Å². The monoisotopic (exact) mass is 1510 g/mol. The zero-order valence-corrected chi connectivity index (χ0v) is 67.1. The number of carbonyl (C=O) groups excluding carboxylic acids is 3. The van der Waals surface area contributed by atoms with Gasteiger partial charge in [0, 0.05) is 19.3 Å². The number of hydrogen-bond donors (Lipinski definition) is 4. The molecule has 105 heavy (non-hydrogen) atoms. The average molecular weight is 1510 g/mol. The van der Waals surface area contributed by atoms with E-state index in [0.29, 0.717) is 19.3 Å². The van der Waals surface area contributed by atoms with E-state index in [0.717, 1.165) is 186 Å². The zero-order valence-electron chi connectivity index (χ0n) is 65.3. The summed E-state index contributed by atoms with van der Waals surface area (Å²) in [6.07, 6.45) is 99.7. The lowest BCUT2D eigenvalue weighted by Crippen LogP contribution is -2.30. The topological polar surface area (TPSA) is 231 Å². The van der Waals surface area contributed by atoms with Gasteiger partial charge >= 0.3 is 33.6 Å². The number of phosphoric ester groups is 2. The number of carbonyl (C=O) groups is 3. The zero-order chi connectivity index (χ0) is 76.6. The fourth-order valence-electron chi connectivity index (χ4n) is 10.4. The Balaban J connectivity index is 4.59. The molecule has 0 rings (SSSR count). The molecular formula is C87H144O16P2. The summed E-state index contributed by atoms with van der Waals surface area (Å²) in [6, 6.07) is 0. The van der Waals surface area contributed by atoms with Crippen LogP contribution in [0, 0.1) is 0 Å². The van der Waals surface area contributed by atoms with Gasteiger partial charge in [-0.1, -0.05) is 306 Å². The summed E-state index contributed by atoms with van der Waals surface area (Å²) in [5.74, 6) is -1.61. The van der Waals surface area contributed by atoms with E-state index in [-0.39, 0.29) is 19.3 Å². The molecule has 0 aromatic heterocycles. The van der Waals surface area contributed by atoms with Crippen molar-refractivity contribution in [2.75, 3.05) is 39.6 Å². The number of esters is 3. The van der Waals surface area contributed by atoms with Crippen LogP contribution in [0.4, 0.5) is 0 Å². The van der Waals surface area contributed by atoms with Crippen molar-refractivity contribution >= 4 is 33.6 Å². The third-order valence-corrected chi connectivity index (χ3v) is 18.3. The normalized spacial score (nSPS) is 14.8. The Bertz CT molecular complexity index is 2590. The first-order valence-corrected chi connectivity index (χ1v) is 43.4. The number of aliphatic hydroxyl groups excluding tert-OH is 2. The molecule has 0 saturated heterocycles. The molecule has 16 nitrogen and oxygen atoms in total. The number of allylic oxidation sites excluding steroid dienone is 28. The molecule has 4 N–H and O–H groups in total. The van der Waals surface area contributed by atoms with E-state index in [1.165, 1.54) is 57.8 Å². The number of hydrogen-bond acceptors (Lipinski definition) is 14. The first kappa shape index (κ1) is 99.9. The van der Waals surface area contributed by atoms with Gasteiger partial charge in [0.2, 0.25) is 0 Å². The van der Waals surface area contributed by atoms with Crippen molar-refractivity contribution in [1.82, 2.24) is 0 Å². The number of aliphatic hydroxyl groups is 2. The second-order valence-electron chi connectivity index (χ2n) is 26.4. The lowest BCUT2D eigenvalue weighted by atomic mass is 10.0. The van der Waals surface area contributed by atoms with E-state index in [1.807, 2.05) is 0 Å². The minimum absolute atomic E-state index is 0.0796. The molecule has 0 heterocycles. The van der Waals surface area contributed by atoms with Crippen LogP contribution in [-0.2, 0) is 55.8 Å². The summed E-state index contributed by atoms with van der Waals surface area (Å²) in [7, 11) is -9.81. The van der Waals surface area contributed by atoms with E-state index < -0.39 is 91.5 Å². The lowest BCUT2D eigenvalue weighted by molar-refractivity contribution is -0.161. The third-order valence-electron chi connectivity index (χ3n) is 16.4. The van der Waals surface area contributed by atoms with Crippen LogP contribution in [0.5, 0.6) is 0 Å². The highest BCUT2D eigenvalue weighted by atomic mass is 31.2. The van der Waals surface area contributed by atoms with Crippen molar-refractivity contribution in [3.8, 4) is 0 Å². The van der Waals surface area contributed by atoms with Crippen LogP contribution >= 0.6 is 15.6 Å². The summed E-state index contributed by atoms with van der Waals surface area (Å²) in [5.41, 5.74) is 0. The Morgan fingerprint density at radius 2 is 0.476 bits per heavy atom. The number of rotatable bonds is 75. The van der Waals surface area contributed by atoms with E-state index in [4.69, 9.17) is 32.3 Å². The van der Waals surface area contributed by atoms with Crippen molar-refractivity contribution in [3.05, 3.63) is 170 Å². The number of phosphoric acid groups is 2. The van der Waals surface area contributed by atoms with Gasteiger partial charge in [-0.25, -0.2) is 9.13 Å².